The van der Waals surface area contributed by atoms with Crippen LogP contribution in [0.15, 0.2) is 5.16 Å². The van der Waals surface area contributed by atoms with Gasteiger partial charge in [-0.25, -0.2) is 4.79 Å². The van der Waals surface area contributed by atoms with Crippen LogP contribution in [0.2, 0.25) is 0 Å². The Labute approximate surface area is 148 Å². The number of likely N-dealkylation sites (tertiary alicyclic amines) is 2. The molecule has 134 valence electrons. The third kappa shape index (κ3) is 4.63. The second-order valence-corrected chi connectivity index (χ2v) is 7.62. The van der Waals surface area contributed by atoms with Crippen LogP contribution >= 0.6 is 11.8 Å². The first kappa shape index (κ1) is 17.5. The standard InChI is InChI=1S/C16H28N6OS/c1-20-14(13-17-15(23)22-9-3-2-4-10-22)18-19-16(20)24-12-11-21-7-5-6-8-21/h2-13H2,1H3,(H,17,23). The predicted octanol–water partition coefficient (Wildman–Crippen LogP) is 1.70. The van der Waals surface area contributed by atoms with Gasteiger partial charge >= 0.3 is 6.03 Å². The van der Waals surface area contributed by atoms with Gasteiger partial charge in [-0.05, 0) is 45.2 Å². The molecular weight excluding hydrogens is 324 g/mol. The number of aromatic nitrogens is 3. The van der Waals surface area contributed by atoms with Crippen LogP contribution in [0.25, 0.3) is 0 Å². The molecule has 3 heterocycles. The lowest BCUT2D eigenvalue weighted by molar-refractivity contribution is 0.185. The molecule has 0 unspecified atom stereocenters. The predicted molar refractivity (Wildman–Crippen MR) is 95.1 cm³/mol. The van der Waals surface area contributed by atoms with Gasteiger partial charge in [-0.15, -0.1) is 10.2 Å². The van der Waals surface area contributed by atoms with E-state index < -0.39 is 0 Å². The number of nitrogens with zero attached hydrogens (tertiary/aromatic N) is 5. The van der Waals surface area contributed by atoms with Gasteiger partial charge in [0.2, 0.25) is 0 Å². The molecule has 1 N–H and O–H groups in total. The molecule has 1 aromatic heterocycles. The Bertz CT molecular complexity index is 537. The zero-order chi connectivity index (χ0) is 16.8. The Morgan fingerprint density at radius 2 is 1.79 bits per heavy atom. The van der Waals surface area contributed by atoms with Crippen molar-refractivity contribution in [2.24, 2.45) is 7.05 Å². The van der Waals surface area contributed by atoms with Crippen LogP contribution in [0.4, 0.5) is 4.79 Å². The number of rotatable bonds is 6. The Hall–Kier alpha value is -1.28. The molecule has 24 heavy (non-hydrogen) atoms. The van der Waals surface area contributed by atoms with E-state index in [0.29, 0.717) is 6.54 Å². The van der Waals surface area contributed by atoms with Crippen LogP contribution in [0.1, 0.15) is 37.9 Å². The summed E-state index contributed by atoms with van der Waals surface area (Å²) in [6.07, 6.45) is 6.10. The van der Waals surface area contributed by atoms with Crippen LogP contribution in [0.5, 0.6) is 0 Å². The van der Waals surface area contributed by atoms with Gasteiger partial charge < -0.3 is 19.7 Å². The number of thioether (sulfide) groups is 1. The van der Waals surface area contributed by atoms with Gasteiger partial charge in [0.1, 0.15) is 0 Å². The Morgan fingerprint density at radius 1 is 1.08 bits per heavy atom. The maximum atomic E-state index is 12.2. The lowest BCUT2D eigenvalue weighted by Crippen LogP contribution is -2.42. The lowest BCUT2D eigenvalue weighted by atomic mass is 10.1. The summed E-state index contributed by atoms with van der Waals surface area (Å²) >= 11 is 1.74. The van der Waals surface area contributed by atoms with Gasteiger partial charge in [-0.2, -0.15) is 0 Å². The van der Waals surface area contributed by atoms with E-state index in [1.54, 1.807) is 11.8 Å². The maximum absolute atomic E-state index is 12.2. The van der Waals surface area contributed by atoms with Crippen LogP contribution < -0.4 is 5.32 Å². The van der Waals surface area contributed by atoms with E-state index in [4.69, 9.17) is 0 Å². The SMILES string of the molecule is Cn1c(CNC(=O)N2CCCCC2)nnc1SCCN1CCCC1. The highest BCUT2D eigenvalue weighted by Gasteiger charge is 2.17. The third-order valence-corrected chi connectivity index (χ3v) is 5.80. The smallest absolute Gasteiger partial charge is 0.317 e. The average Bonchev–Trinajstić information content (AvgIpc) is 3.25. The largest absolute Gasteiger partial charge is 0.331 e. The van der Waals surface area contributed by atoms with E-state index >= 15 is 0 Å². The van der Waals surface area contributed by atoms with E-state index in [2.05, 4.69) is 20.4 Å². The average molecular weight is 353 g/mol. The highest BCUT2D eigenvalue weighted by atomic mass is 32.2. The molecule has 0 aliphatic carbocycles. The van der Waals surface area contributed by atoms with Crippen molar-refractivity contribution in [2.75, 3.05) is 38.5 Å². The van der Waals surface area contributed by atoms with Crippen LogP contribution in [-0.4, -0.2) is 69.1 Å². The van der Waals surface area contributed by atoms with Crippen molar-refractivity contribution in [3.8, 4) is 0 Å². The van der Waals surface area contributed by atoms with Crippen molar-refractivity contribution in [3.63, 3.8) is 0 Å². The zero-order valence-electron chi connectivity index (χ0n) is 14.5. The van der Waals surface area contributed by atoms with Crippen LogP contribution in [0.3, 0.4) is 0 Å². The van der Waals surface area contributed by atoms with E-state index in [9.17, 15) is 4.79 Å². The minimum absolute atomic E-state index is 0.0148. The molecule has 0 bridgehead atoms. The van der Waals surface area contributed by atoms with E-state index in [-0.39, 0.29) is 6.03 Å². The first-order chi connectivity index (χ1) is 11.7. The summed E-state index contributed by atoms with van der Waals surface area (Å²) in [6, 6.07) is 0.0148. The highest BCUT2D eigenvalue weighted by Crippen LogP contribution is 2.17. The summed E-state index contributed by atoms with van der Waals surface area (Å²) < 4.78 is 1.99. The molecule has 2 aliphatic rings. The Balaban J connectivity index is 1.42. The normalized spacial score (nSPS) is 19.0. The summed E-state index contributed by atoms with van der Waals surface area (Å²) in [5.74, 6) is 1.84. The molecule has 0 aromatic carbocycles. The Morgan fingerprint density at radius 3 is 2.54 bits per heavy atom. The molecule has 2 aliphatic heterocycles. The van der Waals surface area contributed by atoms with Crippen LogP contribution in [-0.2, 0) is 13.6 Å². The van der Waals surface area contributed by atoms with Gasteiger partial charge in [0.05, 0.1) is 6.54 Å². The third-order valence-electron chi connectivity index (χ3n) is 4.80. The van der Waals surface area contributed by atoms with Crippen molar-refractivity contribution in [1.82, 2.24) is 29.9 Å². The topological polar surface area (TPSA) is 66.3 Å². The van der Waals surface area contributed by atoms with Gasteiger partial charge in [-0.1, -0.05) is 11.8 Å². The molecule has 0 spiro atoms. The van der Waals surface area contributed by atoms with Crippen molar-refractivity contribution in [3.05, 3.63) is 5.82 Å². The second-order valence-electron chi connectivity index (χ2n) is 6.56. The first-order valence-corrected chi connectivity index (χ1v) is 9.99. The van der Waals surface area contributed by atoms with Gasteiger partial charge in [-0.3, -0.25) is 0 Å². The van der Waals surface area contributed by atoms with E-state index in [1.807, 2.05) is 16.5 Å². The maximum Gasteiger partial charge on any atom is 0.317 e. The monoisotopic (exact) mass is 352 g/mol. The lowest BCUT2D eigenvalue weighted by Gasteiger charge is -2.26. The number of carbonyl (C=O) groups excluding carboxylic acids is 1. The molecule has 0 atom stereocenters. The molecule has 2 fully saturated rings. The first-order valence-electron chi connectivity index (χ1n) is 9.00. The summed E-state index contributed by atoms with van der Waals surface area (Å²) in [5.41, 5.74) is 0. The summed E-state index contributed by atoms with van der Waals surface area (Å²) in [7, 11) is 1.97. The minimum atomic E-state index is 0.0148. The number of hydrogen-bond acceptors (Lipinski definition) is 5. The molecule has 0 saturated carbocycles. The number of amides is 2. The highest BCUT2D eigenvalue weighted by molar-refractivity contribution is 7.99. The molecule has 7 nitrogen and oxygen atoms in total. The van der Waals surface area contributed by atoms with Crippen molar-refractivity contribution < 1.29 is 4.79 Å². The zero-order valence-corrected chi connectivity index (χ0v) is 15.4. The summed E-state index contributed by atoms with van der Waals surface area (Å²) in [5, 5.41) is 12.4. The molecule has 2 saturated heterocycles. The molecule has 3 rings (SSSR count). The van der Waals surface area contributed by atoms with Gasteiger partial charge in [0.25, 0.3) is 0 Å². The van der Waals surface area contributed by atoms with Gasteiger partial charge in [0, 0.05) is 32.4 Å². The number of urea groups is 1. The van der Waals surface area contributed by atoms with Crippen molar-refractivity contribution in [1.29, 1.82) is 0 Å². The molecule has 0 radical (unpaired) electrons. The van der Waals surface area contributed by atoms with Crippen molar-refractivity contribution in [2.45, 2.75) is 43.8 Å². The second kappa shape index (κ2) is 8.71. The van der Waals surface area contributed by atoms with Crippen molar-refractivity contribution >= 4 is 17.8 Å². The summed E-state index contributed by atoms with van der Waals surface area (Å²) in [6.45, 7) is 5.73. The fraction of sp³-hybridized carbons (Fsp3) is 0.812. The van der Waals surface area contributed by atoms with Gasteiger partial charge in [0.15, 0.2) is 11.0 Å². The minimum Gasteiger partial charge on any atom is -0.331 e. The fourth-order valence-corrected chi connectivity index (χ4v) is 4.19. The van der Waals surface area contributed by atoms with E-state index in [0.717, 1.165) is 49.2 Å². The summed E-state index contributed by atoms with van der Waals surface area (Å²) in [4.78, 5) is 16.6. The number of nitrogens with one attached hydrogen (secondary N) is 1. The fourth-order valence-electron chi connectivity index (χ4n) is 3.26. The molecule has 1 aromatic rings. The molecular formula is C16H28N6OS. The number of piperidine rings is 1. The molecule has 8 heteroatoms. The quantitative estimate of drug-likeness (QED) is 0.790. The van der Waals surface area contributed by atoms with E-state index in [1.165, 1.54) is 32.4 Å². The van der Waals surface area contributed by atoms with Crippen LogP contribution in [0, 0.1) is 0 Å². The number of hydrogen-bond donors (Lipinski definition) is 1. The molecule has 2 amide bonds. The Kier molecular flexibility index (Phi) is 6.37. The number of carbonyl (C=O) groups is 1.